The Morgan fingerprint density at radius 3 is 2.46 bits per heavy atom. The van der Waals surface area contributed by atoms with E-state index in [0.29, 0.717) is 37.7 Å². The molecule has 5 rings (SSSR count). The van der Waals surface area contributed by atoms with Crippen LogP contribution in [0.25, 0.3) is 33.5 Å². The Hall–Kier alpha value is -3.86. The first kappa shape index (κ1) is 24.8. The van der Waals surface area contributed by atoms with Gasteiger partial charge < -0.3 is 9.73 Å². The summed E-state index contributed by atoms with van der Waals surface area (Å²) < 4.78 is 28.8. The second-order valence-corrected chi connectivity index (χ2v) is 12.0. The summed E-state index contributed by atoms with van der Waals surface area (Å²) in [5, 5.41) is 22.7. The van der Waals surface area contributed by atoms with Crippen molar-refractivity contribution >= 4 is 66.6 Å². The smallest absolute Gasteiger partial charge is 0.266 e. The molecule has 0 spiro atoms. The van der Waals surface area contributed by atoms with E-state index in [1.807, 2.05) is 22.9 Å². The van der Waals surface area contributed by atoms with Crippen LogP contribution < -0.4 is 10.5 Å². The second kappa shape index (κ2) is 10.3. The summed E-state index contributed by atoms with van der Waals surface area (Å²) in [6.07, 6.45) is 1.57. The number of allylic oxidation sites excluding steroid dienone is 1. The Bertz CT molecular complexity index is 1740. The Morgan fingerprint density at radius 2 is 1.81 bits per heavy atom. The topological polar surface area (TPSA) is 139 Å². The minimum Gasteiger partial charge on any atom is -0.457 e. The molecule has 0 aliphatic rings. The summed E-state index contributed by atoms with van der Waals surface area (Å²) in [7, 11) is -3.79. The lowest BCUT2D eigenvalue weighted by atomic mass is 10.2. The van der Waals surface area contributed by atoms with Gasteiger partial charge in [0.15, 0.2) is 0 Å². The van der Waals surface area contributed by atoms with E-state index in [2.05, 4.69) is 16.4 Å². The number of hydrogen-bond donors (Lipinski definition) is 2. The molecule has 4 heterocycles. The van der Waals surface area contributed by atoms with Gasteiger partial charge in [-0.2, -0.15) is 5.26 Å². The Kier molecular flexibility index (Phi) is 6.88. The first-order chi connectivity index (χ1) is 17.8. The third-order valence-electron chi connectivity index (χ3n) is 5.09. The van der Waals surface area contributed by atoms with Crippen molar-refractivity contribution in [3.63, 3.8) is 0 Å². The fourth-order valence-corrected chi connectivity index (χ4v) is 6.21. The Labute approximate surface area is 224 Å². The molecule has 0 saturated carbocycles. The zero-order valence-corrected chi connectivity index (χ0v) is 22.0. The van der Waals surface area contributed by atoms with Crippen molar-refractivity contribution < 1.29 is 17.6 Å². The summed E-state index contributed by atoms with van der Waals surface area (Å²) in [6, 6.07) is 18.9. The number of carbonyl (C=O) groups is 1. The van der Waals surface area contributed by atoms with Gasteiger partial charge >= 0.3 is 0 Å². The summed E-state index contributed by atoms with van der Waals surface area (Å²) >= 11 is 4.03. The van der Waals surface area contributed by atoms with Gasteiger partial charge in [0.25, 0.3) is 5.91 Å². The van der Waals surface area contributed by atoms with Crippen LogP contribution >= 0.6 is 34.0 Å². The molecule has 3 N–H and O–H groups in total. The van der Waals surface area contributed by atoms with E-state index < -0.39 is 10.0 Å². The van der Waals surface area contributed by atoms with E-state index in [-0.39, 0.29) is 16.4 Å². The molecule has 0 fully saturated rings. The monoisotopic (exact) mass is 564 g/mol. The van der Waals surface area contributed by atoms with Crippen LogP contribution in [0, 0.1) is 11.3 Å². The van der Waals surface area contributed by atoms with Crippen LogP contribution in [0.3, 0.4) is 0 Å². The highest BCUT2D eigenvalue weighted by molar-refractivity contribution is 7.89. The van der Waals surface area contributed by atoms with Gasteiger partial charge in [0.1, 0.15) is 33.3 Å². The molecular weight excluding hydrogens is 549 g/mol. The molecule has 1 aromatic carbocycles. The van der Waals surface area contributed by atoms with Crippen LogP contribution in [0.4, 0.5) is 5.00 Å². The highest BCUT2D eigenvalue weighted by atomic mass is 32.2. The normalized spacial score (nSPS) is 11.8. The largest absolute Gasteiger partial charge is 0.457 e. The molecule has 0 aliphatic carbocycles. The molecule has 5 aromatic rings. The number of thiophene rings is 2. The van der Waals surface area contributed by atoms with Gasteiger partial charge in [-0.3, -0.25) is 4.79 Å². The van der Waals surface area contributed by atoms with E-state index >= 15 is 0 Å². The lowest BCUT2D eigenvalue weighted by molar-refractivity contribution is 0.103. The van der Waals surface area contributed by atoms with Crippen molar-refractivity contribution in [2.45, 2.75) is 4.90 Å². The summed E-state index contributed by atoms with van der Waals surface area (Å²) in [5.74, 6) is 0.667. The third-order valence-corrected chi connectivity index (χ3v) is 8.76. The molecule has 0 radical (unpaired) electrons. The number of carbonyl (C=O) groups excluding carboxylic acids is 1. The number of nitrogens with two attached hydrogens (primary N) is 1. The number of anilines is 1. The number of nitrogens with zero attached hydrogens (tertiary/aromatic N) is 2. The maximum absolute atomic E-state index is 12.7. The van der Waals surface area contributed by atoms with Crippen molar-refractivity contribution in [1.29, 1.82) is 5.26 Å². The molecule has 1 amide bonds. The molecule has 184 valence electrons. The fraction of sp³-hybridized carbons (Fsp3) is 0. The van der Waals surface area contributed by atoms with Crippen LogP contribution in [0.15, 0.2) is 80.7 Å². The van der Waals surface area contributed by atoms with Gasteiger partial charge in [0, 0.05) is 11.6 Å². The van der Waals surface area contributed by atoms with Gasteiger partial charge in [0.05, 0.1) is 20.2 Å². The highest BCUT2D eigenvalue weighted by Gasteiger charge is 2.20. The number of amides is 1. The van der Waals surface area contributed by atoms with E-state index in [1.165, 1.54) is 46.1 Å². The quantitative estimate of drug-likeness (QED) is 0.227. The molecule has 0 aliphatic heterocycles. The SMILES string of the molecule is N#CC(=Cc1ccc(-c2ccc(S(N)(=O)=O)cc2)o1)c1nc(-c2cccs2)c(NC(=O)c2cccs2)s1. The number of hydrogen-bond acceptors (Lipinski definition) is 9. The molecular formula is C25H16N4O4S4. The second-order valence-electron chi connectivity index (χ2n) is 7.55. The Balaban J connectivity index is 1.46. The maximum Gasteiger partial charge on any atom is 0.266 e. The number of nitrogens with one attached hydrogen (secondary N) is 1. The minimum absolute atomic E-state index is 0.00183. The van der Waals surface area contributed by atoms with Gasteiger partial charge in [-0.25, -0.2) is 18.5 Å². The standard InChI is InChI=1S/C25H16N4O4S4/c26-14-16(13-17-7-10-19(33-17)15-5-8-18(9-6-15)37(27,31)32)24-28-22(20-3-1-11-34-20)25(36-24)29-23(30)21-4-2-12-35-21/h1-13H,(H,29,30)(H2,27,31,32). The number of thiazole rings is 1. The van der Waals surface area contributed by atoms with Crippen LogP contribution in [0.1, 0.15) is 20.4 Å². The average Bonchev–Trinajstić information content (AvgIpc) is 3.68. The van der Waals surface area contributed by atoms with Crippen LogP contribution in [-0.4, -0.2) is 19.3 Å². The maximum atomic E-state index is 12.7. The minimum atomic E-state index is -3.79. The van der Waals surface area contributed by atoms with Gasteiger partial charge in [-0.1, -0.05) is 23.5 Å². The predicted molar refractivity (Wildman–Crippen MR) is 147 cm³/mol. The van der Waals surface area contributed by atoms with Gasteiger partial charge in [-0.15, -0.1) is 22.7 Å². The molecule has 0 saturated heterocycles. The van der Waals surface area contributed by atoms with Crippen LogP contribution in [0.5, 0.6) is 0 Å². The van der Waals surface area contributed by atoms with Gasteiger partial charge in [-0.05, 0) is 59.3 Å². The first-order valence-corrected chi connectivity index (χ1v) is 14.7. The number of sulfonamides is 1. The molecule has 0 unspecified atom stereocenters. The lowest BCUT2D eigenvalue weighted by Crippen LogP contribution is -2.11. The molecule has 8 nitrogen and oxygen atoms in total. The van der Waals surface area contributed by atoms with Crippen molar-refractivity contribution in [3.8, 4) is 28.0 Å². The van der Waals surface area contributed by atoms with Crippen molar-refractivity contribution in [1.82, 2.24) is 4.98 Å². The first-order valence-electron chi connectivity index (χ1n) is 10.6. The number of nitriles is 1. The highest BCUT2D eigenvalue weighted by Crippen LogP contribution is 2.39. The number of benzene rings is 1. The molecule has 4 aromatic heterocycles. The van der Waals surface area contributed by atoms with Crippen LogP contribution in [0.2, 0.25) is 0 Å². The molecule has 12 heteroatoms. The fourth-order valence-electron chi connectivity index (χ4n) is 3.35. The molecule has 37 heavy (non-hydrogen) atoms. The van der Waals surface area contributed by atoms with E-state index in [0.717, 1.165) is 4.88 Å². The summed E-state index contributed by atoms with van der Waals surface area (Å²) in [5.41, 5.74) is 1.51. The van der Waals surface area contributed by atoms with E-state index in [4.69, 9.17) is 9.56 Å². The van der Waals surface area contributed by atoms with Crippen LogP contribution in [-0.2, 0) is 10.0 Å². The number of rotatable bonds is 7. The number of primary sulfonamides is 1. The van der Waals surface area contributed by atoms with Gasteiger partial charge in [0.2, 0.25) is 10.0 Å². The van der Waals surface area contributed by atoms with Crippen molar-refractivity contribution in [2.24, 2.45) is 5.14 Å². The molecule has 0 atom stereocenters. The predicted octanol–water partition coefficient (Wildman–Crippen LogP) is 6.16. The lowest BCUT2D eigenvalue weighted by Gasteiger charge is -2.02. The zero-order chi connectivity index (χ0) is 26.0. The Morgan fingerprint density at radius 1 is 1.05 bits per heavy atom. The summed E-state index contributed by atoms with van der Waals surface area (Å²) in [4.78, 5) is 18.8. The molecule has 0 bridgehead atoms. The average molecular weight is 565 g/mol. The van der Waals surface area contributed by atoms with E-state index in [9.17, 15) is 18.5 Å². The van der Waals surface area contributed by atoms with Crippen molar-refractivity contribution in [2.75, 3.05) is 5.32 Å². The van der Waals surface area contributed by atoms with E-state index in [1.54, 1.807) is 42.5 Å². The number of furan rings is 1. The summed E-state index contributed by atoms with van der Waals surface area (Å²) in [6.45, 7) is 0. The number of aromatic nitrogens is 1. The third kappa shape index (κ3) is 5.46. The zero-order valence-electron chi connectivity index (χ0n) is 18.7. The van der Waals surface area contributed by atoms with Crippen molar-refractivity contribution in [3.05, 3.63) is 87.1 Å².